The minimum atomic E-state index is -0.432. The minimum absolute atomic E-state index is 0.350. The number of hydrogen-bond acceptors (Lipinski definition) is 3. The fraction of sp³-hybridized carbons (Fsp3) is 0.0625. The molecule has 0 aliphatic carbocycles. The van der Waals surface area contributed by atoms with Crippen molar-refractivity contribution in [1.29, 1.82) is 0 Å². The molecule has 0 amide bonds. The largest absolute Gasteiger partial charge is 0.423 e. The van der Waals surface area contributed by atoms with E-state index in [2.05, 4.69) is 0 Å². The summed E-state index contributed by atoms with van der Waals surface area (Å²) >= 11 is 1.42. The Bertz CT molecular complexity index is 822. The molecule has 0 aliphatic heterocycles. The van der Waals surface area contributed by atoms with Crippen molar-refractivity contribution in [2.75, 3.05) is 0 Å². The Kier molecular flexibility index (Phi) is 3.32. The molecule has 4 heteroatoms. The lowest BCUT2D eigenvalue weighted by atomic mass is 10.2. The van der Waals surface area contributed by atoms with Crippen molar-refractivity contribution < 1.29 is 8.81 Å². The number of aryl methyl sites for hydroxylation is 1. The van der Waals surface area contributed by atoms with E-state index in [1.807, 2.05) is 31.2 Å². The molecule has 1 heterocycles. The molecule has 20 heavy (non-hydrogen) atoms. The van der Waals surface area contributed by atoms with Gasteiger partial charge in [0.15, 0.2) is 0 Å². The lowest BCUT2D eigenvalue weighted by molar-refractivity contribution is 0.555. The van der Waals surface area contributed by atoms with Gasteiger partial charge in [-0.25, -0.2) is 9.18 Å². The zero-order valence-corrected chi connectivity index (χ0v) is 11.5. The average molecular weight is 286 g/mol. The van der Waals surface area contributed by atoms with E-state index in [0.29, 0.717) is 15.9 Å². The third-order valence-electron chi connectivity index (χ3n) is 2.92. The molecule has 0 radical (unpaired) electrons. The second-order valence-corrected chi connectivity index (χ2v) is 5.60. The van der Waals surface area contributed by atoms with Crippen LogP contribution in [-0.2, 0) is 0 Å². The van der Waals surface area contributed by atoms with Gasteiger partial charge in [-0.3, -0.25) is 0 Å². The number of fused-ring (bicyclic) bond motifs is 1. The third-order valence-corrected chi connectivity index (χ3v) is 3.98. The lowest BCUT2D eigenvalue weighted by Crippen LogP contribution is -1.97. The average Bonchev–Trinajstić information content (AvgIpc) is 2.42. The van der Waals surface area contributed by atoms with Crippen LogP contribution in [-0.4, -0.2) is 0 Å². The van der Waals surface area contributed by atoms with Gasteiger partial charge >= 0.3 is 5.63 Å². The van der Waals surface area contributed by atoms with Crippen LogP contribution in [0.3, 0.4) is 0 Å². The summed E-state index contributed by atoms with van der Waals surface area (Å²) in [7, 11) is 0. The summed E-state index contributed by atoms with van der Waals surface area (Å²) in [6.07, 6.45) is 0. The van der Waals surface area contributed by atoms with Gasteiger partial charge in [-0.15, -0.1) is 0 Å². The topological polar surface area (TPSA) is 30.2 Å². The van der Waals surface area contributed by atoms with Gasteiger partial charge in [0.05, 0.1) is 0 Å². The summed E-state index contributed by atoms with van der Waals surface area (Å²) < 4.78 is 18.5. The third kappa shape index (κ3) is 2.60. The Balaban J connectivity index is 2.12. The van der Waals surface area contributed by atoms with Crippen LogP contribution in [0.5, 0.6) is 0 Å². The predicted molar refractivity (Wildman–Crippen MR) is 77.7 cm³/mol. The summed E-state index contributed by atoms with van der Waals surface area (Å²) in [4.78, 5) is 13.2. The molecule has 0 aliphatic rings. The molecule has 0 spiro atoms. The predicted octanol–water partition coefficient (Wildman–Crippen LogP) is 4.39. The van der Waals surface area contributed by atoms with Crippen molar-refractivity contribution in [1.82, 2.24) is 0 Å². The van der Waals surface area contributed by atoms with E-state index in [0.717, 1.165) is 10.5 Å². The molecular formula is C16H11FO2S. The monoisotopic (exact) mass is 286 g/mol. The maximum atomic E-state index is 13.4. The molecule has 0 saturated heterocycles. The van der Waals surface area contributed by atoms with Crippen molar-refractivity contribution in [2.45, 2.75) is 16.7 Å². The molecule has 0 fully saturated rings. The molecule has 0 atom stereocenters. The Labute approximate surface area is 119 Å². The van der Waals surface area contributed by atoms with E-state index in [-0.39, 0.29) is 5.82 Å². The van der Waals surface area contributed by atoms with Crippen LogP contribution in [0.1, 0.15) is 5.56 Å². The Morgan fingerprint density at radius 2 is 1.80 bits per heavy atom. The van der Waals surface area contributed by atoms with E-state index in [9.17, 15) is 9.18 Å². The van der Waals surface area contributed by atoms with Gasteiger partial charge in [0, 0.05) is 21.2 Å². The summed E-state index contributed by atoms with van der Waals surface area (Å²) in [5.74, 6) is -0.350. The van der Waals surface area contributed by atoms with Gasteiger partial charge < -0.3 is 4.42 Å². The molecule has 100 valence electrons. The quantitative estimate of drug-likeness (QED) is 0.654. The molecule has 2 aromatic carbocycles. The first-order valence-electron chi connectivity index (χ1n) is 6.10. The van der Waals surface area contributed by atoms with Crippen LogP contribution in [0.15, 0.2) is 67.5 Å². The summed E-state index contributed by atoms with van der Waals surface area (Å²) in [5.41, 5.74) is 1.13. The maximum absolute atomic E-state index is 13.4. The van der Waals surface area contributed by atoms with E-state index >= 15 is 0 Å². The highest BCUT2D eigenvalue weighted by Crippen LogP contribution is 2.32. The highest BCUT2D eigenvalue weighted by Gasteiger charge is 2.08. The van der Waals surface area contributed by atoms with Gasteiger partial charge in [-0.05, 0) is 37.3 Å². The fourth-order valence-corrected chi connectivity index (χ4v) is 2.87. The standard InChI is InChI=1S/C16H11FO2S/c1-10-2-5-12(6-3-10)20-15-9-16(18)19-14-7-4-11(17)8-13(14)15/h2-9H,1H3. The number of hydrogen-bond donors (Lipinski definition) is 0. The SMILES string of the molecule is Cc1ccc(Sc2cc(=O)oc3ccc(F)cc23)cc1. The Hall–Kier alpha value is -2.07. The molecule has 0 unspecified atom stereocenters. The number of rotatable bonds is 2. The van der Waals surface area contributed by atoms with Crippen LogP contribution in [0.4, 0.5) is 4.39 Å². The van der Waals surface area contributed by atoms with Crippen LogP contribution in [0.25, 0.3) is 11.0 Å². The van der Waals surface area contributed by atoms with Crippen LogP contribution in [0.2, 0.25) is 0 Å². The van der Waals surface area contributed by atoms with Crippen molar-refractivity contribution in [3.8, 4) is 0 Å². The van der Waals surface area contributed by atoms with Gasteiger partial charge in [0.2, 0.25) is 0 Å². The molecule has 2 nitrogen and oxygen atoms in total. The summed E-state index contributed by atoms with van der Waals surface area (Å²) in [6.45, 7) is 2.01. The molecular weight excluding hydrogens is 275 g/mol. The van der Waals surface area contributed by atoms with E-state index in [4.69, 9.17) is 4.42 Å². The van der Waals surface area contributed by atoms with E-state index in [1.165, 1.54) is 36.0 Å². The van der Waals surface area contributed by atoms with Crippen LogP contribution < -0.4 is 5.63 Å². The van der Waals surface area contributed by atoms with Gasteiger partial charge in [-0.1, -0.05) is 29.5 Å². The normalized spacial score (nSPS) is 10.9. The highest BCUT2D eigenvalue weighted by atomic mass is 32.2. The van der Waals surface area contributed by atoms with Crippen molar-refractivity contribution in [3.63, 3.8) is 0 Å². The van der Waals surface area contributed by atoms with Crippen molar-refractivity contribution in [2.24, 2.45) is 0 Å². The lowest BCUT2D eigenvalue weighted by Gasteiger charge is -2.05. The second-order valence-electron chi connectivity index (χ2n) is 4.49. The molecule has 3 aromatic rings. The molecule has 0 N–H and O–H groups in total. The first kappa shape index (κ1) is 12.9. The Morgan fingerprint density at radius 3 is 2.55 bits per heavy atom. The van der Waals surface area contributed by atoms with Gasteiger partial charge in [-0.2, -0.15) is 0 Å². The fourth-order valence-electron chi connectivity index (χ4n) is 1.92. The molecule has 0 saturated carbocycles. The van der Waals surface area contributed by atoms with Crippen molar-refractivity contribution in [3.05, 3.63) is 70.3 Å². The molecule has 1 aromatic heterocycles. The van der Waals surface area contributed by atoms with Crippen LogP contribution >= 0.6 is 11.8 Å². The van der Waals surface area contributed by atoms with Gasteiger partial charge in [0.1, 0.15) is 11.4 Å². The zero-order chi connectivity index (χ0) is 14.1. The minimum Gasteiger partial charge on any atom is -0.423 e. The summed E-state index contributed by atoms with van der Waals surface area (Å²) in [5, 5.41) is 0.607. The van der Waals surface area contributed by atoms with Crippen molar-refractivity contribution >= 4 is 22.7 Å². The van der Waals surface area contributed by atoms with Gasteiger partial charge in [0.25, 0.3) is 0 Å². The smallest absolute Gasteiger partial charge is 0.337 e. The zero-order valence-electron chi connectivity index (χ0n) is 10.7. The Morgan fingerprint density at radius 1 is 1.05 bits per heavy atom. The molecule has 3 rings (SSSR count). The number of benzene rings is 2. The van der Waals surface area contributed by atoms with E-state index < -0.39 is 5.63 Å². The van der Waals surface area contributed by atoms with E-state index in [1.54, 1.807) is 0 Å². The van der Waals surface area contributed by atoms with Crippen LogP contribution in [0, 0.1) is 12.7 Å². The maximum Gasteiger partial charge on any atom is 0.337 e. The molecule has 0 bridgehead atoms. The first-order valence-corrected chi connectivity index (χ1v) is 6.91. The second kappa shape index (κ2) is 5.13. The highest BCUT2D eigenvalue weighted by molar-refractivity contribution is 7.99. The summed E-state index contributed by atoms with van der Waals surface area (Å²) in [6, 6.07) is 13.5. The first-order chi connectivity index (χ1) is 9.61. The number of halogens is 1.